The van der Waals surface area contributed by atoms with Crippen LogP contribution in [0.3, 0.4) is 0 Å². The third-order valence-electron chi connectivity index (χ3n) is 3.96. The molecule has 108 valence electrons. The topological polar surface area (TPSA) is 55.5 Å². The molecular weight excluding hydrogens is 254 g/mol. The van der Waals surface area contributed by atoms with Gasteiger partial charge in [0.1, 0.15) is 0 Å². The van der Waals surface area contributed by atoms with E-state index in [9.17, 15) is 5.11 Å². The van der Waals surface area contributed by atoms with E-state index in [0.29, 0.717) is 0 Å². The average molecular weight is 281 g/mol. The fourth-order valence-electron chi connectivity index (χ4n) is 1.64. The quantitative estimate of drug-likeness (QED) is 0.816. The van der Waals surface area contributed by atoms with Crippen LogP contribution in [0.4, 0.5) is 0 Å². The van der Waals surface area contributed by atoms with Crippen LogP contribution < -0.4 is 5.73 Å². The lowest BCUT2D eigenvalue weighted by Gasteiger charge is -2.40. The molecule has 0 bridgehead atoms. The number of hydrogen-bond acceptors (Lipinski definition) is 3. The fraction of sp³-hybridized carbons (Fsp3) is 0.600. The number of rotatable bonds is 5. The Balaban J connectivity index is 3.01. The third-order valence-corrected chi connectivity index (χ3v) is 8.41. The number of aliphatic hydroxyl groups is 1. The molecule has 0 radical (unpaired) electrons. The van der Waals surface area contributed by atoms with Crippen LogP contribution in [0, 0.1) is 0 Å². The average Bonchev–Trinajstić information content (AvgIpc) is 2.35. The van der Waals surface area contributed by atoms with Crippen LogP contribution >= 0.6 is 0 Å². The van der Waals surface area contributed by atoms with Gasteiger partial charge in [-0.3, -0.25) is 0 Å². The van der Waals surface area contributed by atoms with Crippen LogP contribution in [0.5, 0.6) is 0 Å². The highest BCUT2D eigenvalue weighted by Crippen LogP contribution is 2.40. The molecule has 0 aliphatic heterocycles. The van der Waals surface area contributed by atoms with Gasteiger partial charge in [0.05, 0.1) is 18.8 Å². The van der Waals surface area contributed by atoms with E-state index in [0.717, 1.165) is 5.56 Å². The third kappa shape index (κ3) is 4.14. The zero-order valence-electron chi connectivity index (χ0n) is 12.7. The first kappa shape index (κ1) is 16.4. The van der Waals surface area contributed by atoms with Gasteiger partial charge >= 0.3 is 0 Å². The van der Waals surface area contributed by atoms with Crippen LogP contribution in [0.25, 0.3) is 0 Å². The Hall–Kier alpha value is -0.683. The number of benzene rings is 1. The van der Waals surface area contributed by atoms with Gasteiger partial charge in [-0.1, -0.05) is 51.1 Å². The van der Waals surface area contributed by atoms with Gasteiger partial charge in [0.15, 0.2) is 8.32 Å². The molecule has 19 heavy (non-hydrogen) atoms. The van der Waals surface area contributed by atoms with Crippen LogP contribution in [-0.2, 0) is 4.43 Å². The zero-order chi connectivity index (χ0) is 14.7. The molecule has 0 spiro atoms. The van der Waals surface area contributed by atoms with Crippen LogP contribution in [-0.4, -0.2) is 26.1 Å². The predicted octanol–water partition coefficient (Wildman–Crippen LogP) is 3.07. The van der Waals surface area contributed by atoms with Gasteiger partial charge in [0, 0.05) is 0 Å². The molecule has 0 fully saturated rings. The molecule has 3 N–H and O–H groups in total. The summed E-state index contributed by atoms with van der Waals surface area (Å²) in [5.41, 5.74) is 7.08. The molecular formula is C15H27NO2Si. The first-order chi connectivity index (χ1) is 8.69. The maximum Gasteiger partial charge on any atom is 0.192 e. The normalized spacial score (nSPS) is 16.2. The highest BCUT2D eigenvalue weighted by Gasteiger charge is 2.40. The predicted molar refractivity (Wildman–Crippen MR) is 82.5 cm³/mol. The molecule has 1 aromatic rings. The Morgan fingerprint density at radius 1 is 1.21 bits per heavy atom. The maximum absolute atomic E-state index is 9.38. The van der Waals surface area contributed by atoms with Crippen molar-refractivity contribution in [1.29, 1.82) is 0 Å². The molecule has 0 amide bonds. The van der Waals surface area contributed by atoms with Crippen molar-refractivity contribution in [2.75, 3.05) is 6.61 Å². The lowest BCUT2D eigenvalue weighted by Crippen LogP contribution is -2.46. The Morgan fingerprint density at radius 2 is 1.74 bits per heavy atom. The second kappa shape index (κ2) is 6.18. The maximum atomic E-state index is 9.38. The lowest BCUT2D eigenvalue weighted by molar-refractivity contribution is 0.117. The molecule has 1 aromatic carbocycles. The second-order valence-corrected chi connectivity index (χ2v) is 11.3. The van der Waals surface area contributed by atoms with Crippen LogP contribution in [0.2, 0.25) is 18.1 Å². The lowest BCUT2D eigenvalue weighted by atomic mass is 10.0. The first-order valence-corrected chi connectivity index (χ1v) is 9.69. The summed E-state index contributed by atoms with van der Waals surface area (Å²) >= 11 is 0. The summed E-state index contributed by atoms with van der Waals surface area (Å²) < 4.78 is 6.40. The van der Waals surface area contributed by atoms with Crippen molar-refractivity contribution in [3.63, 3.8) is 0 Å². The highest BCUT2D eigenvalue weighted by molar-refractivity contribution is 6.74. The van der Waals surface area contributed by atoms with E-state index in [1.807, 2.05) is 30.3 Å². The second-order valence-electron chi connectivity index (χ2n) is 6.56. The van der Waals surface area contributed by atoms with E-state index in [1.165, 1.54) is 0 Å². The van der Waals surface area contributed by atoms with Crippen LogP contribution in [0.1, 0.15) is 32.4 Å². The fourth-order valence-corrected chi connectivity index (χ4v) is 2.93. The number of nitrogens with two attached hydrogens (primary N) is 1. The van der Waals surface area contributed by atoms with E-state index in [1.54, 1.807) is 0 Å². The summed E-state index contributed by atoms with van der Waals surface area (Å²) in [5, 5.41) is 9.50. The van der Waals surface area contributed by atoms with Crippen molar-refractivity contribution < 1.29 is 9.53 Å². The van der Waals surface area contributed by atoms with Gasteiger partial charge in [0.2, 0.25) is 0 Å². The molecule has 2 atom stereocenters. The van der Waals surface area contributed by atoms with E-state index in [4.69, 9.17) is 10.2 Å². The summed E-state index contributed by atoms with van der Waals surface area (Å²) in [7, 11) is -1.92. The van der Waals surface area contributed by atoms with Gasteiger partial charge in [-0.2, -0.15) is 0 Å². The van der Waals surface area contributed by atoms with E-state index in [2.05, 4.69) is 33.9 Å². The van der Waals surface area contributed by atoms with Gasteiger partial charge in [-0.05, 0) is 23.7 Å². The smallest absolute Gasteiger partial charge is 0.192 e. The summed E-state index contributed by atoms with van der Waals surface area (Å²) in [6.45, 7) is 10.9. The molecule has 0 heterocycles. The molecule has 0 aliphatic rings. The molecule has 4 heteroatoms. The van der Waals surface area contributed by atoms with E-state index >= 15 is 0 Å². The van der Waals surface area contributed by atoms with E-state index in [-0.39, 0.29) is 17.7 Å². The highest BCUT2D eigenvalue weighted by atomic mass is 28.4. The van der Waals surface area contributed by atoms with Crippen molar-refractivity contribution in [3.05, 3.63) is 35.9 Å². The minimum absolute atomic E-state index is 0.0752. The van der Waals surface area contributed by atoms with Gasteiger partial charge in [-0.25, -0.2) is 0 Å². The minimum Gasteiger partial charge on any atom is -0.408 e. The SMILES string of the molecule is CC(C)(C)[Si](C)(C)O[C@H](c1ccccc1)[C@H](N)CO. The van der Waals surface area contributed by atoms with Gasteiger partial charge < -0.3 is 15.3 Å². The summed E-state index contributed by atoms with van der Waals surface area (Å²) in [5.74, 6) is 0. The Labute approximate surface area is 117 Å². The Morgan fingerprint density at radius 3 is 2.16 bits per heavy atom. The van der Waals surface area contributed by atoms with Crippen LogP contribution in [0.15, 0.2) is 30.3 Å². The van der Waals surface area contributed by atoms with E-state index < -0.39 is 14.4 Å². The molecule has 0 unspecified atom stereocenters. The van der Waals surface area contributed by atoms with Crippen molar-refractivity contribution in [2.24, 2.45) is 5.73 Å². The molecule has 0 saturated heterocycles. The molecule has 1 rings (SSSR count). The summed E-state index contributed by atoms with van der Waals surface area (Å²) in [6, 6.07) is 9.54. The van der Waals surface area contributed by atoms with Gasteiger partial charge in [-0.15, -0.1) is 0 Å². The monoisotopic (exact) mass is 281 g/mol. The molecule has 0 aliphatic carbocycles. The number of hydrogen-bond donors (Lipinski definition) is 2. The summed E-state index contributed by atoms with van der Waals surface area (Å²) in [4.78, 5) is 0. The molecule has 0 saturated carbocycles. The Bertz CT molecular complexity index is 387. The van der Waals surface area contributed by atoms with Crippen molar-refractivity contribution in [2.45, 2.75) is 51.0 Å². The molecule has 3 nitrogen and oxygen atoms in total. The number of aliphatic hydroxyl groups excluding tert-OH is 1. The zero-order valence-corrected chi connectivity index (χ0v) is 13.7. The minimum atomic E-state index is -1.92. The Kier molecular flexibility index (Phi) is 5.32. The molecule has 0 aromatic heterocycles. The summed E-state index contributed by atoms with van der Waals surface area (Å²) in [6.07, 6.45) is -0.243. The first-order valence-electron chi connectivity index (χ1n) is 6.78. The van der Waals surface area contributed by atoms with Crippen molar-refractivity contribution >= 4 is 8.32 Å². The van der Waals surface area contributed by atoms with Gasteiger partial charge in [0.25, 0.3) is 0 Å². The van der Waals surface area contributed by atoms with Crippen molar-refractivity contribution in [1.82, 2.24) is 0 Å². The van der Waals surface area contributed by atoms with Crippen molar-refractivity contribution in [3.8, 4) is 0 Å². The standard InChI is InChI=1S/C15H27NO2Si/c1-15(2,3)19(4,5)18-14(13(16)11-17)12-9-7-6-8-10-12/h6-10,13-14,17H,11,16H2,1-5H3/t13-,14-/m1/s1. The largest absolute Gasteiger partial charge is 0.408 e.